The maximum Gasteiger partial charge on any atom is 0.416 e. The number of furan rings is 1. The first-order valence-electron chi connectivity index (χ1n) is 46.3. The molecule has 5 aliphatic heterocycles. The van der Waals surface area contributed by atoms with E-state index in [1.165, 1.54) is 69.2 Å². The van der Waals surface area contributed by atoms with Crippen LogP contribution in [0.4, 0.5) is 13.2 Å². The summed E-state index contributed by atoms with van der Waals surface area (Å²) in [5.41, 5.74) is 15.7. The average Bonchev–Trinajstić information content (AvgIpc) is 1.65. The lowest BCUT2D eigenvalue weighted by atomic mass is 9.75. The maximum atomic E-state index is 12.7. The minimum absolute atomic E-state index is 0.0207. The van der Waals surface area contributed by atoms with E-state index in [4.69, 9.17) is 28.2 Å². The summed E-state index contributed by atoms with van der Waals surface area (Å²) < 4.78 is 70.2. The van der Waals surface area contributed by atoms with Crippen LogP contribution >= 0.6 is 11.3 Å². The fourth-order valence-corrected chi connectivity index (χ4v) is 16.4. The number of pyridine rings is 1. The standard InChI is InChI=1S/C17H22N2.C16H20F3NO.C16H21N.C15H17NO.C13H17NO.C13H18O.C12H16O2.C11H13NOS/c1-17(2,3)14-9-10-19-15(11-14)12-18-16(19)13-7-5-4-6-8-13;1-15(2,3)13-8-14(21)20(10-13)9-11-5-4-6-12(7-11)16(17,18)19;1-16(2,3)11-9-14-10-12-17(13-14)15-7-5-4-6-8-15;1-15(2,3)12-6-8-13(9-7-12)17-14-5-4-10-16-11-14;1-13(2,3)12-9-11(15-14-12)10-7-5-4-6-8-10;1-9-5-6-11-10(7-9)8-12(14-11)13(2,3)4;1-12(2,3)7-9-4-5-10-11(6-9)14-8-13-10;1-11(2,3)9-7-14-10(12-9)8-5-4-6-13-8/h4-8,12,14H,9-11H2,1-3H3;4-7,13H,8-10H2,1-3H3;4-8,10,12-13H,9,11H2,1-3H3;4-11H,1-3H3;4-8,11H,9H2,1-3H3;5-7,12H,8H2,1-4H3;4-6H,7-8H2,1-3H3;4-7H,1-3H3. The largest absolute Gasteiger partial charge is 0.489 e. The first-order chi connectivity index (χ1) is 61.4. The monoisotopic (exact) mass is 1800 g/mol. The van der Waals surface area contributed by atoms with Crippen LogP contribution in [0.2, 0.25) is 0 Å². The molecule has 5 aliphatic rings. The predicted molar refractivity (Wildman–Crippen MR) is 531 cm³/mol. The number of ether oxygens (including phenoxy) is 4. The van der Waals surface area contributed by atoms with Crippen LogP contribution in [0.3, 0.4) is 0 Å². The molecule has 7 aromatic carbocycles. The van der Waals surface area contributed by atoms with Gasteiger partial charge in [-0.15, -0.1) is 11.3 Å². The zero-order valence-electron chi connectivity index (χ0n) is 82.5. The summed E-state index contributed by atoms with van der Waals surface area (Å²) in [5, 5.41) is 7.23. The first-order valence-corrected chi connectivity index (χ1v) is 47.1. The van der Waals surface area contributed by atoms with Crippen molar-refractivity contribution >= 4 is 23.0 Å². The lowest BCUT2D eigenvalue weighted by Gasteiger charge is -2.34. The van der Waals surface area contributed by atoms with E-state index >= 15 is 0 Å². The van der Waals surface area contributed by atoms with E-state index in [0.717, 1.165) is 113 Å². The number of oxime groups is 1. The highest BCUT2D eigenvalue weighted by molar-refractivity contribution is 7.13. The molecule has 18 heteroatoms. The Labute approximate surface area is 784 Å². The number of aryl methyl sites for hydroxylation is 2. The Morgan fingerprint density at radius 1 is 0.550 bits per heavy atom. The number of aromatic nitrogens is 5. The Balaban J connectivity index is 0.000000156. The lowest BCUT2D eigenvalue weighted by molar-refractivity contribution is -0.137. The summed E-state index contributed by atoms with van der Waals surface area (Å²) in [4.78, 5) is 32.4. The van der Waals surface area contributed by atoms with Crippen molar-refractivity contribution in [2.75, 3.05) is 13.3 Å². The molecule has 700 valence electrons. The Hall–Kier alpha value is -11.0. The number of likely N-dealkylation sites (tertiary alicyclic amines) is 1. The highest BCUT2D eigenvalue weighted by Crippen LogP contribution is 2.42. The van der Waals surface area contributed by atoms with Gasteiger partial charge in [-0.3, -0.25) is 9.78 Å². The van der Waals surface area contributed by atoms with Gasteiger partial charge in [0.15, 0.2) is 28.4 Å². The molecule has 1 amide bonds. The van der Waals surface area contributed by atoms with Gasteiger partial charge in [0.1, 0.15) is 29.2 Å². The van der Waals surface area contributed by atoms with Gasteiger partial charge in [-0.1, -0.05) is 298 Å². The molecular formula is C113H144F3N7O7S. The van der Waals surface area contributed by atoms with Crippen LogP contribution < -0.4 is 18.9 Å². The number of alkyl halides is 3. The molecule has 0 saturated carbocycles. The van der Waals surface area contributed by atoms with Gasteiger partial charge in [0.05, 0.1) is 29.4 Å². The second-order valence-corrected chi connectivity index (χ2v) is 44.6. The lowest BCUT2D eigenvalue weighted by Crippen LogP contribution is -2.30. The molecule has 12 aromatic rings. The maximum absolute atomic E-state index is 12.7. The Bertz CT molecular complexity index is 5550. The van der Waals surface area contributed by atoms with Gasteiger partial charge < -0.3 is 42.2 Å². The number of carbonyl (C=O) groups excluding carboxylic acids is 1. The van der Waals surface area contributed by atoms with Crippen molar-refractivity contribution < 1.29 is 46.2 Å². The van der Waals surface area contributed by atoms with Gasteiger partial charge in [0.25, 0.3) is 0 Å². The third kappa shape index (κ3) is 31.9. The highest BCUT2D eigenvalue weighted by atomic mass is 32.1. The quantitative estimate of drug-likeness (QED) is 0.123. The number of nitrogens with zero attached hydrogens (tertiary/aromatic N) is 7. The van der Waals surface area contributed by atoms with Crippen molar-refractivity contribution in [1.29, 1.82) is 0 Å². The SMILES string of the molecule is CC(C)(C)C1=NOC(c2ccccc2)C1.CC(C)(C)C1CC(=O)N(Cc2cccc(C(F)(F)F)c2)C1.CC(C)(C)C1CCn2c(cnc2-c2ccccc2)C1.CC(C)(C)CCc1ccn(-c2ccccc2)c1.CC(C)(C)Cc1ccc2c(c1)OCO2.CC(C)(C)c1ccc(Oc2cccnc2)cc1.CC(C)(C)c1csc(-c2ccco2)n1.Cc1ccc2c(c1)CC(C(C)(C)C)O2. The van der Waals surface area contributed by atoms with Crippen LogP contribution in [0.5, 0.6) is 28.7 Å². The molecule has 131 heavy (non-hydrogen) atoms. The first kappa shape index (κ1) is 102. The number of thiazole rings is 1. The van der Waals surface area contributed by atoms with Crippen molar-refractivity contribution in [3.8, 4) is 56.6 Å². The van der Waals surface area contributed by atoms with Crippen LogP contribution in [0.1, 0.15) is 254 Å². The molecule has 1 fully saturated rings. The summed E-state index contributed by atoms with van der Waals surface area (Å²) in [5.74, 6) is 7.43. The topological polar surface area (TPSA) is 140 Å². The number of hydrogen-bond donors (Lipinski definition) is 0. The number of benzene rings is 7. The molecule has 0 spiro atoms. The minimum atomic E-state index is -4.35. The number of rotatable bonds is 11. The molecule has 5 aromatic heterocycles. The number of amides is 1. The number of hydrogen-bond acceptors (Lipinski definition) is 12. The third-order valence-corrected chi connectivity index (χ3v) is 24.6. The van der Waals surface area contributed by atoms with Gasteiger partial charge in [-0.05, 0) is 202 Å². The van der Waals surface area contributed by atoms with E-state index in [1.54, 1.807) is 41.0 Å². The van der Waals surface area contributed by atoms with Crippen molar-refractivity contribution in [3.63, 3.8) is 0 Å². The van der Waals surface area contributed by atoms with Crippen LogP contribution in [-0.4, -0.2) is 60.0 Å². The molecular weight excluding hydrogens is 1660 g/mol. The zero-order valence-corrected chi connectivity index (χ0v) is 83.3. The number of fused-ring (bicyclic) bond motifs is 3. The van der Waals surface area contributed by atoms with E-state index in [-0.39, 0.29) is 51.5 Å². The molecule has 17 rings (SSSR count). The summed E-state index contributed by atoms with van der Waals surface area (Å²) in [6.45, 7) is 57.6. The number of carbonyl (C=O) groups is 1. The molecule has 0 N–H and O–H groups in total. The van der Waals surface area contributed by atoms with Gasteiger partial charge in [-0.25, -0.2) is 9.97 Å². The van der Waals surface area contributed by atoms with Gasteiger partial charge >= 0.3 is 6.18 Å². The molecule has 4 atom stereocenters. The zero-order chi connectivity index (χ0) is 95.5. The summed E-state index contributed by atoms with van der Waals surface area (Å²) in [6, 6.07) is 67.0. The number of imidazole rings is 1. The van der Waals surface area contributed by atoms with Crippen LogP contribution in [0.25, 0.3) is 27.8 Å². The second-order valence-electron chi connectivity index (χ2n) is 43.7. The third-order valence-electron chi connectivity index (χ3n) is 23.7. The molecule has 0 aliphatic carbocycles. The number of para-hydroxylation sites is 1. The predicted octanol–water partition coefficient (Wildman–Crippen LogP) is 30.5. The van der Waals surface area contributed by atoms with Crippen LogP contribution in [0.15, 0.2) is 258 Å². The Morgan fingerprint density at radius 2 is 1.21 bits per heavy atom. The van der Waals surface area contributed by atoms with E-state index in [1.807, 2.05) is 66.7 Å². The van der Waals surface area contributed by atoms with Crippen molar-refractivity contribution in [3.05, 3.63) is 305 Å². The molecule has 4 unspecified atom stereocenters. The van der Waals surface area contributed by atoms with Crippen LogP contribution in [-0.2, 0) is 65.4 Å². The molecule has 0 radical (unpaired) electrons. The van der Waals surface area contributed by atoms with Crippen molar-refractivity contribution in [2.45, 2.75) is 267 Å². The van der Waals surface area contributed by atoms with Gasteiger partial charge in [-0.2, -0.15) is 13.2 Å². The Morgan fingerprint density at radius 3 is 1.79 bits per heavy atom. The van der Waals surface area contributed by atoms with Crippen LogP contribution in [0, 0.1) is 51.2 Å². The average molecular weight is 1800 g/mol. The van der Waals surface area contributed by atoms with Gasteiger partial charge in [0, 0.05) is 96.8 Å². The normalized spacial score (nSPS) is 16.4. The summed E-state index contributed by atoms with van der Waals surface area (Å²) >= 11 is 1.63. The summed E-state index contributed by atoms with van der Waals surface area (Å²) in [6.07, 6.45) is 16.0. The van der Waals surface area contributed by atoms with E-state index < -0.39 is 11.7 Å². The molecule has 10 heterocycles. The summed E-state index contributed by atoms with van der Waals surface area (Å²) in [7, 11) is 0. The molecule has 1 saturated heterocycles. The fraction of sp³-hybridized carbons (Fsp3) is 0.442. The van der Waals surface area contributed by atoms with E-state index in [9.17, 15) is 18.0 Å². The van der Waals surface area contributed by atoms with E-state index in [2.05, 4.69) is 342 Å². The Kier molecular flexibility index (Phi) is 34.3. The smallest absolute Gasteiger partial charge is 0.416 e. The molecule has 0 bridgehead atoms. The fourth-order valence-electron chi connectivity index (χ4n) is 15.3. The van der Waals surface area contributed by atoms with Crippen molar-refractivity contribution in [2.24, 2.45) is 49.5 Å². The molecule has 14 nitrogen and oxygen atoms in total. The minimum Gasteiger partial charge on any atom is -0.489 e. The highest BCUT2D eigenvalue weighted by Gasteiger charge is 2.39. The number of halogens is 3. The van der Waals surface area contributed by atoms with Gasteiger partial charge in [0.2, 0.25) is 12.7 Å². The van der Waals surface area contributed by atoms with E-state index in [0.29, 0.717) is 47.7 Å². The second kappa shape index (κ2) is 44.0. The van der Waals surface area contributed by atoms with Crippen molar-refractivity contribution in [1.82, 2.24) is 29.0 Å².